The largest absolute Gasteiger partial charge is 0.544 e. The summed E-state index contributed by atoms with van der Waals surface area (Å²) in [6.45, 7) is 0.611. The maximum absolute atomic E-state index is 9.09. The van der Waals surface area contributed by atoms with E-state index in [1.807, 2.05) is 0 Å². The Morgan fingerprint density at radius 2 is 1.75 bits per heavy atom. The van der Waals surface area contributed by atoms with Crippen molar-refractivity contribution in [2.75, 3.05) is 6.61 Å². The van der Waals surface area contributed by atoms with Gasteiger partial charge in [-0.1, -0.05) is 0 Å². The minimum Gasteiger partial charge on any atom is -0.544 e. The van der Waals surface area contributed by atoms with Crippen molar-refractivity contribution in [3.05, 3.63) is 6.61 Å². The second-order valence-electron chi connectivity index (χ2n) is 2.46. The van der Waals surface area contributed by atoms with E-state index in [-0.39, 0.29) is 32.5 Å². The van der Waals surface area contributed by atoms with Crippen molar-refractivity contribution in [3.63, 3.8) is 0 Å². The molecule has 1 heterocycles. The van der Waals surface area contributed by atoms with E-state index in [0.717, 1.165) is 6.61 Å². The van der Waals surface area contributed by atoms with Crippen LogP contribution in [-0.2, 0) is 30.6 Å². The van der Waals surface area contributed by atoms with Gasteiger partial charge in [0.05, 0.1) is 18.8 Å². The molecule has 0 saturated carbocycles. The second-order valence-corrected chi connectivity index (χ2v) is 2.46. The molecule has 0 spiro atoms. The first kappa shape index (κ1) is 12.7. The summed E-state index contributed by atoms with van der Waals surface area (Å²) in [5, 5.41) is 35.6. The molecule has 4 atom stereocenters. The number of aliphatic hydroxyl groups excluding tert-OH is 4. The van der Waals surface area contributed by atoms with Crippen molar-refractivity contribution in [3.8, 4) is 0 Å². The molecule has 0 aromatic heterocycles. The molecule has 0 aliphatic carbocycles. The van der Waals surface area contributed by atoms with E-state index in [4.69, 9.17) is 20.4 Å². The first-order chi connectivity index (χ1) is 5.16. The van der Waals surface area contributed by atoms with Gasteiger partial charge >= 0.3 is 0 Å². The summed E-state index contributed by atoms with van der Waals surface area (Å²) in [6, 6.07) is 0. The Morgan fingerprint density at radius 3 is 2.25 bits per heavy atom. The van der Waals surface area contributed by atoms with Crippen LogP contribution in [0.15, 0.2) is 0 Å². The monoisotopic (exact) mass is 208 g/mol. The van der Waals surface area contributed by atoms with Gasteiger partial charge in [-0.2, -0.15) is 6.61 Å². The van der Waals surface area contributed by atoms with Gasteiger partial charge < -0.3 is 25.2 Å². The Balaban J connectivity index is 0.00000121. The fraction of sp³-hybridized carbons (Fsp3) is 0.833. The molecule has 1 aliphatic heterocycles. The predicted octanol–water partition coefficient (Wildman–Crippen LogP) is -2.38. The van der Waals surface area contributed by atoms with Crippen molar-refractivity contribution in [1.82, 2.24) is 0 Å². The van der Waals surface area contributed by atoms with E-state index in [2.05, 4.69) is 4.74 Å². The molecule has 0 bridgehead atoms. The Hall–Kier alpha value is 0.670. The van der Waals surface area contributed by atoms with E-state index >= 15 is 0 Å². The van der Waals surface area contributed by atoms with Crippen LogP contribution in [0.5, 0.6) is 0 Å². The van der Waals surface area contributed by atoms with E-state index in [1.54, 1.807) is 0 Å². The summed E-state index contributed by atoms with van der Waals surface area (Å²) in [7, 11) is 0. The van der Waals surface area contributed by atoms with Crippen LogP contribution in [0.1, 0.15) is 0 Å². The molecule has 0 aromatic rings. The number of hydrogen-bond acceptors (Lipinski definition) is 5. The topological polar surface area (TPSA) is 90.2 Å². The van der Waals surface area contributed by atoms with Gasteiger partial charge in [-0.25, -0.2) is 0 Å². The Morgan fingerprint density at radius 1 is 1.17 bits per heavy atom. The van der Waals surface area contributed by atoms with Crippen LogP contribution in [-0.4, -0.2) is 51.4 Å². The smallest absolute Gasteiger partial charge is 0.105 e. The summed E-state index contributed by atoms with van der Waals surface area (Å²) in [5.74, 6) is 0. The van der Waals surface area contributed by atoms with E-state index in [9.17, 15) is 0 Å². The second kappa shape index (κ2) is 5.41. The molecule has 1 radical (unpaired) electrons. The fourth-order valence-corrected chi connectivity index (χ4v) is 0.915. The molecule has 0 aromatic carbocycles. The minimum absolute atomic E-state index is 0. The predicted molar refractivity (Wildman–Crippen MR) is 34.3 cm³/mol. The van der Waals surface area contributed by atoms with Crippen LogP contribution in [0.25, 0.3) is 0 Å². The normalized spacial score (nSPS) is 42.0. The average Bonchev–Trinajstić information content (AvgIpc) is 2.01. The van der Waals surface area contributed by atoms with Gasteiger partial charge in [0, 0.05) is 25.8 Å². The van der Waals surface area contributed by atoms with Gasteiger partial charge in [0.15, 0.2) is 0 Å². The van der Waals surface area contributed by atoms with Gasteiger partial charge in [0.25, 0.3) is 0 Å². The van der Waals surface area contributed by atoms with Crippen molar-refractivity contribution in [2.45, 2.75) is 24.4 Å². The fourth-order valence-electron chi connectivity index (χ4n) is 0.915. The number of aliphatic hydroxyl groups is 4. The molecule has 69 valence electrons. The van der Waals surface area contributed by atoms with Crippen LogP contribution in [0, 0.1) is 6.61 Å². The summed E-state index contributed by atoms with van der Waals surface area (Å²) in [4.78, 5) is 0. The van der Waals surface area contributed by atoms with Crippen molar-refractivity contribution >= 4 is 0 Å². The molecular formula is C6H11O5Sc-. The summed E-state index contributed by atoms with van der Waals surface area (Å²) >= 11 is 0. The SMILES string of the molecule is OCC1O[CH-]C(O)C(O)C1O.[Sc]. The first-order valence-corrected chi connectivity index (χ1v) is 3.30. The van der Waals surface area contributed by atoms with Crippen LogP contribution < -0.4 is 0 Å². The van der Waals surface area contributed by atoms with Gasteiger partial charge in [0.2, 0.25) is 0 Å². The number of ether oxygens (including phenoxy) is 1. The van der Waals surface area contributed by atoms with Crippen molar-refractivity contribution < 1.29 is 51.0 Å². The number of hydrogen-bond donors (Lipinski definition) is 4. The number of rotatable bonds is 1. The molecule has 12 heavy (non-hydrogen) atoms. The molecule has 1 rings (SSSR count). The van der Waals surface area contributed by atoms with Crippen molar-refractivity contribution in [1.29, 1.82) is 0 Å². The molecule has 1 fully saturated rings. The quantitative estimate of drug-likeness (QED) is 0.361. The maximum Gasteiger partial charge on any atom is 0.105 e. The summed E-state index contributed by atoms with van der Waals surface area (Å²) in [5.41, 5.74) is 0. The summed E-state index contributed by atoms with van der Waals surface area (Å²) in [6.07, 6.45) is -4.54. The third kappa shape index (κ3) is 2.58. The van der Waals surface area contributed by atoms with Crippen LogP contribution in [0.3, 0.4) is 0 Å². The van der Waals surface area contributed by atoms with Crippen LogP contribution >= 0.6 is 0 Å². The molecule has 5 nitrogen and oxygen atoms in total. The van der Waals surface area contributed by atoms with Crippen molar-refractivity contribution in [2.24, 2.45) is 0 Å². The third-order valence-electron chi connectivity index (χ3n) is 1.65. The van der Waals surface area contributed by atoms with Gasteiger partial charge in [-0.15, -0.1) is 0 Å². The zero-order valence-electron chi connectivity index (χ0n) is 6.37. The van der Waals surface area contributed by atoms with Crippen LogP contribution in [0.2, 0.25) is 0 Å². The van der Waals surface area contributed by atoms with E-state index in [0.29, 0.717) is 0 Å². The van der Waals surface area contributed by atoms with Gasteiger partial charge in [0.1, 0.15) is 6.10 Å². The molecule has 0 amide bonds. The van der Waals surface area contributed by atoms with Crippen LogP contribution in [0.4, 0.5) is 0 Å². The average molecular weight is 208 g/mol. The Kier molecular flexibility index (Phi) is 5.71. The Bertz CT molecular complexity index is 131. The molecular weight excluding hydrogens is 197 g/mol. The first-order valence-electron chi connectivity index (χ1n) is 3.30. The molecule has 6 heteroatoms. The van der Waals surface area contributed by atoms with Gasteiger partial charge in [-0.05, 0) is 6.10 Å². The standard InChI is InChI=1S/C6H11O5.Sc/c7-1-4-6(10)5(9)3(8)2-11-4;/h2-10H,1H2;/q-1;. The molecule has 1 saturated heterocycles. The zero-order chi connectivity index (χ0) is 8.43. The van der Waals surface area contributed by atoms with Gasteiger partial charge in [-0.3, -0.25) is 0 Å². The molecule has 1 aliphatic rings. The maximum atomic E-state index is 9.09. The Labute approximate surface area is 88.8 Å². The summed E-state index contributed by atoms with van der Waals surface area (Å²) < 4.78 is 4.69. The molecule has 4 unspecified atom stereocenters. The third-order valence-corrected chi connectivity index (χ3v) is 1.65. The zero-order valence-corrected chi connectivity index (χ0v) is 8.17. The minimum atomic E-state index is -1.28. The van der Waals surface area contributed by atoms with E-state index < -0.39 is 24.4 Å². The molecule has 4 N–H and O–H groups in total. The van der Waals surface area contributed by atoms with E-state index in [1.165, 1.54) is 0 Å².